The van der Waals surface area contributed by atoms with Crippen LogP contribution in [-0.2, 0) is 9.59 Å². The Kier molecular flexibility index (Phi) is 10.9. The summed E-state index contributed by atoms with van der Waals surface area (Å²) in [5, 5.41) is 15.2. The zero-order valence-electron chi connectivity index (χ0n) is 15.7. The summed E-state index contributed by atoms with van der Waals surface area (Å²) < 4.78 is 5.58. The number of aliphatic hydroxyl groups excluding tert-OH is 1. The van der Waals surface area contributed by atoms with Gasteiger partial charge in [0.05, 0.1) is 24.8 Å². The molecule has 1 rings (SSSR count). The smallest absolute Gasteiger partial charge is 0.239 e. The number of aliphatic hydroxyl groups is 1. The molecule has 0 saturated carbocycles. The number of ether oxygens (including phenoxy) is 1. The first-order valence-corrected chi connectivity index (χ1v) is 8.45. The van der Waals surface area contributed by atoms with Gasteiger partial charge in [0.2, 0.25) is 11.8 Å². The maximum absolute atomic E-state index is 11.8. The van der Waals surface area contributed by atoms with Crippen molar-refractivity contribution in [3.8, 4) is 5.75 Å². The average Bonchev–Trinajstić information content (AvgIpc) is 2.56. The lowest BCUT2D eigenvalue weighted by atomic mass is 10.1. The van der Waals surface area contributed by atoms with E-state index in [0.29, 0.717) is 11.3 Å². The fourth-order valence-corrected chi connectivity index (χ4v) is 2.05. The van der Waals surface area contributed by atoms with Gasteiger partial charge >= 0.3 is 0 Å². The third-order valence-corrected chi connectivity index (χ3v) is 3.55. The molecule has 7 nitrogen and oxygen atoms in total. The third kappa shape index (κ3) is 8.51. The van der Waals surface area contributed by atoms with Crippen LogP contribution in [0.5, 0.6) is 5.75 Å². The van der Waals surface area contributed by atoms with E-state index in [1.165, 1.54) is 0 Å². The van der Waals surface area contributed by atoms with Crippen molar-refractivity contribution < 1.29 is 19.4 Å². The first kappa shape index (κ1) is 24.2. The molecule has 1 aromatic rings. The van der Waals surface area contributed by atoms with E-state index in [-0.39, 0.29) is 43.4 Å². The number of hydrogen-bond donors (Lipinski definition) is 4. The number of nitrogens with one attached hydrogen (secondary N) is 2. The quantitative estimate of drug-likeness (QED) is 0.507. The van der Waals surface area contributed by atoms with E-state index in [9.17, 15) is 14.7 Å². The van der Waals surface area contributed by atoms with E-state index in [0.717, 1.165) is 0 Å². The van der Waals surface area contributed by atoms with Gasteiger partial charge in [0.1, 0.15) is 5.75 Å². The van der Waals surface area contributed by atoms with Crippen LogP contribution in [0.3, 0.4) is 0 Å². The molecule has 2 amide bonds. The molecule has 0 aromatic heterocycles. The van der Waals surface area contributed by atoms with Crippen LogP contribution < -0.4 is 21.1 Å². The van der Waals surface area contributed by atoms with E-state index in [1.807, 2.05) is 33.8 Å². The minimum atomic E-state index is -0.867. The third-order valence-electron chi connectivity index (χ3n) is 3.55. The molecule has 0 aliphatic rings. The molecule has 1 unspecified atom stereocenters. The monoisotopic (exact) mass is 387 g/mol. The lowest BCUT2D eigenvalue weighted by Gasteiger charge is -2.16. The standard InChI is InChI=1S/C18H29N3O4.ClH/c1-11(2)17(19)18(24)21-10-16(23)20-9-15(22)13-6-5-7-14(8-13)25-12(3)4;/h5-8,11-12,15,17,22H,9-10,19H2,1-4H3,(H,20,23)(H,21,24);1H/t15?,17-;/m0./s1. The zero-order valence-corrected chi connectivity index (χ0v) is 16.5. The Bertz CT molecular complexity index is 581. The predicted molar refractivity (Wildman–Crippen MR) is 103 cm³/mol. The highest BCUT2D eigenvalue weighted by Gasteiger charge is 2.18. The highest BCUT2D eigenvalue weighted by atomic mass is 35.5. The van der Waals surface area contributed by atoms with E-state index in [2.05, 4.69) is 10.6 Å². The molecule has 5 N–H and O–H groups in total. The molecule has 1 aromatic carbocycles. The molecule has 0 bridgehead atoms. The largest absolute Gasteiger partial charge is 0.491 e. The number of carbonyl (C=O) groups excluding carboxylic acids is 2. The molecule has 8 heteroatoms. The van der Waals surface area contributed by atoms with E-state index in [4.69, 9.17) is 10.5 Å². The molecule has 0 radical (unpaired) electrons. The van der Waals surface area contributed by atoms with Crippen LogP contribution in [0.1, 0.15) is 39.4 Å². The number of rotatable bonds is 9. The fourth-order valence-electron chi connectivity index (χ4n) is 2.05. The van der Waals surface area contributed by atoms with Gasteiger partial charge in [-0.05, 0) is 37.5 Å². The number of halogens is 1. The van der Waals surface area contributed by atoms with Gasteiger partial charge in [-0.3, -0.25) is 9.59 Å². The summed E-state index contributed by atoms with van der Waals surface area (Å²) in [7, 11) is 0. The molecular weight excluding hydrogens is 358 g/mol. The van der Waals surface area contributed by atoms with Crippen LogP contribution in [0.15, 0.2) is 24.3 Å². The summed E-state index contributed by atoms with van der Waals surface area (Å²) in [6.07, 6.45) is -0.832. The van der Waals surface area contributed by atoms with Crippen LogP contribution in [-0.4, -0.2) is 42.2 Å². The van der Waals surface area contributed by atoms with Crippen LogP contribution in [0, 0.1) is 5.92 Å². The number of hydrogen-bond acceptors (Lipinski definition) is 5. The highest BCUT2D eigenvalue weighted by Crippen LogP contribution is 2.19. The highest BCUT2D eigenvalue weighted by molar-refractivity contribution is 5.87. The summed E-state index contributed by atoms with van der Waals surface area (Å²) in [5.41, 5.74) is 6.34. The van der Waals surface area contributed by atoms with Gasteiger partial charge in [0.25, 0.3) is 0 Å². The van der Waals surface area contributed by atoms with Crippen molar-refractivity contribution in [2.24, 2.45) is 11.7 Å². The van der Waals surface area contributed by atoms with Gasteiger partial charge in [0, 0.05) is 6.54 Å². The van der Waals surface area contributed by atoms with Crippen molar-refractivity contribution in [1.82, 2.24) is 10.6 Å². The minimum Gasteiger partial charge on any atom is -0.491 e. The number of nitrogens with two attached hydrogens (primary N) is 1. The first-order chi connectivity index (χ1) is 11.7. The summed E-state index contributed by atoms with van der Waals surface area (Å²) in [4.78, 5) is 23.5. The van der Waals surface area contributed by atoms with Crippen LogP contribution in [0.2, 0.25) is 0 Å². The Morgan fingerprint density at radius 3 is 2.42 bits per heavy atom. The molecule has 148 valence electrons. The molecule has 0 fully saturated rings. The second-order valence-corrected chi connectivity index (χ2v) is 6.55. The van der Waals surface area contributed by atoms with E-state index in [1.54, 1.807) is 18.2 Å². The lowest BCUT2D eigenvalue weighted by molar-refractivity contribution is -0.127. The Labute approximate surface area is 161 Å². The van der Waals surface area contributed by atoms with E-state index < -0.39 is 18.1 Å². The van der Waals surface area contributed by atoms with Crippen LogP contribution >= 0.6 is 12.4 Å². The molecule has 0 aliphatic carbocycles. The predicted octanol–water partition coefficient (Wildman–Crippen LogP) is 1.14. The maximum atomic E-state index is 11.8. The van der Waals surface area contributed by atoms with Crippen LogP contribution in [0.25, 0.3) is 0 Å². The Morgan fingerprint density at radius 1 is 1.19 bits per heavy atom. The molecule has 0 spiro atoms. The van der Waals surface area contributed by atoms with Gasteiger partial charge in [-0.1, -0.05) is 26.0 Å². The fraction of sp³-hybridized carbons (Fsp3) is 0.556. The number of amides is 2. The van der Waals surface area contributed by atoms with Gasteiger partial charge < -0.3 is 26.2 Å². The van der Waals surface area contributed by atoms with Gasteiger partial charge in [-0.25, -0.2) is 0 Å². The summed E-state index contributed by atoms with van der Waals surface area (Å²) in [6, 6.07) is 6.43. The normalized spacial score (nSPS) is 12.9. The van der Waals surface area contributed by atoms with E-state index >= 15 is 0 Å². The van der Waals surface area contributed by atoms with Gasteiger partial charge in [-0.15, -0.1) is 12.4 Å². The minimum absolute atomic E-state index is 0. The summed E-state index contributed by atoms with van der Waals surface area (Å²) in [5.74, 6) is -0.111. The van der Waals surface area contributed by atoms with Crippen molar-refractivity contribution >= 4 is 24.2 Å². The topological polar surface area (TPSA) is 114 Å². The number of benzene rings is 1. The second-order valence-electron chi connectivity index (χ2n) is 6.55. The Balaban J connectivity index is 0.00000625. The van der Waals surface area contributed by atoms with Crippen molar-refractivity contribution in [3.63, 3.8) is 0 Å². The van der Waals surface area contributed by atoms with Crippen LogP contribution in [0.4, 0.5) is 0 Å². The molecule has 2 atom stereocenters. The Hall–Kier alpha value is -1.83. The van der Waals surface area contributed by atoms with Gasteiger partial charge in [0.15, 0.2) is 0 Å². The Morgan fingerprint density at radius 2 is 1.85 bits per heavy atom. The molecule has 26 heavy (non-hydrogen) atoms. The van der Waals surface area contributed by atoms with Gasteiger partial charge in [-0.2, -0.15) is 0 Å². The average molecular weight is 388 g/mol. The zero-order chi connectivity index (χ0) is 19.0. The summed E-state index contributed by atoms with van der Waals surface area (Å²) >= 11 is 0. The SMILES string of the molecule is CC(C)Oc1cccc(C(O)CNC(=O)CNC(=O)[C@@H](N)C(C)C)c1.Cl. The van der Waals surface area contributed by atoms with Crippen molar-refractivity contribution in [1.29, 1.82) is 0 Å². The molecular formula is C18H30ClN3O4. The number of carbonyl (C=O) groups is 2. The molecule has 0 heterocycles. The second kappa shape index (κ2) is 11.7. The van der Waals surface area contributed by atoms with Crippen molar-refractivity contribution in [2.75, 3.05) is 13.1 Å². The van der Waals surface area contributed by atoms with Crippen molar-refractivity contribution in [3.05, 3.63) is 29.8 Å². The maximum Gasteiger partial charge on any atom is 0.239 e. The lowest BCUT2D eigenvalue weighted by Crippen LogP contribution is -2.47. The summed E-state index contributed by atoms with van der Waals surface area (Å²) in [6.45, 7) is 7.36. The van der Waals surface area contributed by atoms with Crippen molar-refractivity contribution in [2.45, 2.75) is 45.9 Å². The molecule has 0 aliphatic heterocycles. The first-order valence-electron chi connectivity index (χ1n) is 8.45. The molecule has 0 saturated heterocycles.